The molecule has 4 nitrogen and oxygen atoms in total. The Balaban J connectivity index is 2.66. The fourth-order valence-electron chi connectivity index (χ4n) is 1.11. The molecule has 0 unspecified atom stereocenters. The average molecular weight is 214 g/mol. The standard InChI is InChI=1S/C10H15FN2O2/c1-12-7-8-3-4-13-10(9(8)11)15-6-5-14-2/h3-4,12H,5-7H2,1-2H3. The quantitative estimate of drug-likeness (QED) is 0.716. The Kier molecular flexibility index (Phi) is 5.00. The van der Waals surface area contributed by atoms with E-state index >= 15 is 0 Å². The Morgan fingerprint density at radius 1 is 1.47 bits per heavy atom. The normalized spacial score (nSPS) is 10.3. The first kappa shape index (κ1) is 11.9. The fraction of sp³-hybridized carbons (Fsp3) is 0.500. The van der Waals surface area contributed by atoms with Crippen molar-refractivity contribution in [2.45, 2.75) is 6.54 Å². The molecule has 0 amide bonds. The molecule has 1 aromatic rings. The van der Waals surface area contributed by atoms with Crippen LogP contribution >= 0.6 is 0 Å². The van der Waals surface area contributed by atoms with Gasteiger partial charge in [0.25, 0.3) is 5.88 Å². The zero-order chi connectivity index (χ0) is 11.1. The second-order valence-electron chi connectivity index (χ2n) is 2.96. The summed E-state index contributed by atoms with van der Waals surface area (Å²) in [6.45, 7) is 1.16. The van der Waals surface area contributed by atoms with Crippen molar-refractivity contribution in [3.63, 3.8) is 0 Å². The van der Waals surface area contributed by atoms with Crippen molar-refractivity contribution in [2.75, 3.05) is 27.4 Å². The molecule has 0 spiro atoms. The van der Waals surface area contributed by atoms with Gasteiger partial charge in [-0.3, -0.25) is 0 Å². The van der Waals surface area contributed by atoms with Crippen LogP contribution in [0.4, 0.5) is 4.39 Å². The van der Waals surface area contributed by atoms with E-state index in [1.807, 2.05) is 0 Å². The third-order valence-electron chi connectivity index (χ3n) is 1.83. The van der Waals surface area contributed by atoms with E-state index in [2.05, 4.69) is 10.3 Å². The summed E-state index contributed by atoms with van der Waals surface area (Å²) >= 11 is 0. The van der Waals surface area contributed by atoms with E-state index in [4.69, 9.17) is 9.47 Å². The summed E-state index contributed by atoms with van der Waals surface area (Å²) in [7, 11) is 3.32. The van der Waals surface area contributed by atoms with Gasteiger partial charge in [-0.05, 0) is 13.1 Å². The first-order valence-corrected chi connectivity index (χ1v) is 4.69. The molecule has 0 fully saturated rings. The molecule has 0 aliphatic heterocycles. The molecule has 5 heteroatoms. The molecule has 15 heavy (non-hydrogen) atoms. The molecule has 0 aliphatic carbocycles. The molecule has 0 atom stereocenters. The van der Waals surface area contributed by atoms with Gasteiger partial charge in [-0.1, -0.05) is 0 Å². The first-order chi connectivity index (χ1) is 7.29. The Morgan fingerprint density at radius 3 is 2.93 bits per heavy atom. The van der Waals surface area contributed by atoms with Crippen molar-refractivity contribution in [3.05, 3.63) is 23.6 Å². The molecule has 0 saturated heterocycles. The minimum atomic E-state index is -0.414. The maximum absolute atomic E-state index is 13.6. The van der Waals surface area contributed by atoms with E-state index in [1.54, 1.807) is 20.2 Å². The Labute approximate surface area is 88.4 Å². The molecule has 0 saturated carbocycles. The molecule has 1 aromatic heterocycles. The van der Waals surface area contributed by atoms with Gasteiger partial charge in [0.1, 0.15) is 6.61 Å². The third kappa shape index (κ3) is 3.45. The van der Waals surface area contributed by atoms with E-state index in [0.717, 1.165) is 0 Å². The van der Waals surface area contributed by atoms with Crippen molar-refractivity contribution in [2.24, 2.45) is 0 Å². The van der Waals surface area contributed by atoms with Crippen molar-refractivity contribution in [1.82, 2.24) is 10.3 Å². The zero-order valence-electron chi connectivity index (χ0n) is 8.92. The zero-order valence-corrected chi connectivity index (χ0v) is 8.92. The first-order valence-electron chi connectivity index (χ1n) is 4.69. The number of hydrogen-bond donors (Lipinski definition) is 1. The monoisotopic (exact) mass is 214 g/mol. The lowest BCUT2D eigenvalue weighted by Crippen LogP contribution is -2.11. The summed E-state index contributed by atoms with van der Waals surface area (Å²) in [6.07, 6.45) is 1.53. The van der Waals surface area contributed by atoms with Gasteiger partial charge in [0.15, 0.2) is 5.82 Å². The number of pyridine rings is 1. The molecular formula is C10H15FN2O2. The van der Waals surface area contributed by atoms with Gasteiger partial charge >= 0.3 is 0 Å². The van der Waals surface area contributed by atoms with E-state index in [9.17, 15) is 4.39 Å². The van der Waals surface area contributed by atoms with Crippen LogP contribution in [-0.4, -0.2) is 32.4 Å². The van der Waals surface area contributed by atoms with Crippen molar-refractivity contribution >= 4 is 0 Å². The lowest BCUT2D eigenvalue weighted by molar-refractivity contribution is 0.140. The van der Waals surface area contributed by atoms with Gasteiger partial charge in [0, 0.05) is 25.4 Å². The summed E-state index contributed by atoms with van der Waals surface area (Å²) in [5.41, 5.74) is 0.542. The van der Waals surface area contributed by atoms with Crippen LogP contribution in [0, 0.1) is 5.82 Å². The highest BCUT2D eigenvalue weighted by molar-refractivity contribution is 5.23. The average Bonchev–Trinajstić information content (AvgIpc) is 2.24. The smallest absolute Gasteiger partial charge is 0.250 e. The third-order valence-corrected chi connectivity index (χ3v) is 1.83. The van der Waals surface area contributed by atoms with Crippen LogP contribution in [0.1, 0.15) is 5.56 Å². The molecule has 1 heterocycles. The summed E-state index contributed by atoms with van der Waals surface area (Å²) < 4.78 is 23.5. The maximum Gasteiger partial charge on any atom is 0.250 e. The Hall–Kier alpha value is -1.20. The second kappa shape index (κ2) is 6.31. The minimum Gasteiger partial charge on any atom is -0.473 e. The number of halogens is 1. The predicted octanol–water partition coefficient (Wildman–Crippen LogP) is 0.965. The topological polar surface area (TPSA) is 43.4 Å². The summed E-state index contributed by atoms with van der Waals surface area (Å²) in [4.78, 5) is 3.81. The summed E-state index contributed by atoms with van der Waals surface area (Å²) in [6, 6.07) is 1.62. The van der Waals surface area contributed by atoms with Crippen LogP contribution in [0.5, 0.6) is 5.88 Å². The highest BCUT2D eigenvalue weighted by Crippen LogP contribution is 2.16. The highest BCUT2D eigenvalue weighted by atomic mass is 19.1. The highest BCUT2D eigenvalue weighted by Gasteiger charge is 2.09. The van der Waals surface area contributed by atoms with Gasteiger partial charge in [0.05, 0.1) is 6.61 Å². The fourth-order valence-corrected chi connectivity index (χ4v) is 1.11. The number of rotatable bonds is 6. The van der Waals surface area contributed by atoms with E-state index < -0.39 is 5.82 Å². The van der Waals surface area contributed by atoms with E-state index in [0.29, 0.717) is 25.3 Å². The number of nitrogens with one attached hydrogen (secondary N) is 1. The van der Waals surface area contributed by atoms with Gasteiger partial charge < -0.3 is 14.8 Å². The van der Waals surface area contributed by atoms with Crippen LogP contribution in [0.2, 0.25) is 0 Å². The van der Waals surface area contributed by atoms with Crippen LogP contribution < -0.4 is 10.1 Å². The SMILES string of the molecule is CNCc1ccnc(OCCOC)c1F. The molecular weight excluding hydrogens is 199 g/mol. The van der Waals surface area contributed by atoms with Gasteiger partial charge in [0.2, 0.25) is 0 Å². The molecule has 84 valence electrons. The van der Waals surface area contributed by atoms with Gasteiger partial charge in [-0.2, -0.15) is 0 Å². The minimum absolute atomic E-state index is 0.0276. The molecule has 0 aromatic carbocycles. The molecule has 0 bridgehead atoms. The number of methoxy groups -OCH3 is 1. The van der Waals surface area contributed by atoms with Crippen molar-refractivity contribution in [3.8, 4) is 5.88 Å². The van der Waals surface area contributed by atoms with E-state index in [1.165, 1.54) is 6.20 Å². The lowest BCUT2D eigenvalue weighted by atomic mass is 10.2. The maximum atomic E-state index is 13.6. The molecule has 0 radical (unpaired) electrons. The van der Waals surface area contributed by atoms with Crippen molar-refractivity contribution in [1.29, 1.82) is 0 Å². The Bertz CT molecular complexity index is 307. The van der Waals surface area contributed by atoms with Crippen LogP contribution in [-0.2, 0) is 11.3 Å². The lowest BCUT2D eigenvalue weighted by Gasteiger charge is -2.08. The van der Waals surface area contributed by atoms with Crippen molar-refractivity contribution < 1.29 is 13.9 Å². The van der Waals surface area contributed by atoms with Crippen LogP contribution in [0.15, 0.2) is 12.3 Å². The second-order valence-corrected chi connectivity index (χ2v) is 2.96. The number of nitrogens with zero attached hydrogens (tertiary/aromatic N) is 1. The number of aromatic nitrogens is 1. The van der Waals surface area contributed by atoms with E-state index in [-0.39, 0.29) is 5.88 Å². The number of ether oxygens (including phenoxy) is 2. The number of hydrogen-bond acceptors (Lipinski definition) is 4. The predicted molar refractivity (Wildman–Crippen MR) is 54.3 cm³/mol. The summed E-state index contributed by atoms with van der Waals surface area (Å²) in [5.74, 6) is -0.386. The molecule has 0 aliphatic rings. The molecule has 1 N–H and O–H groups in total. The van der Waals surface area contributed by atoms with Crippen LogP contribution in [0.3, 0.4) is 0 Å². The van der Waals surface area contributed by atoms with Crippen LogP contribution in [0.25, 0.3) is 0 Å². The molecule has 1 rings (SSSR count). The van der Waals surface area contributed by atoms with Gasteiger partial charge in [-0.25, -0.2) is 9.37 Å². The van der Waals surface area contributed by atoms with Gasteiger partial charge in [-0.15, -0.1) is 0 Å². The summed E-state index contributed by atoms with van der Waals surface area (Å²) in [5, 5.41) is 2.87. The largest absolute Gasteiger partial charge is 0.473 e. The Morgan fingerprint density at radius 2 is 2.27 bits per heavy atom.